The van der Waals surface area contributed by atoms with Crippen molar-refractivity contribution in [2.75, 3.05) is 25.0 Å². The van der Waals surface area contributed by atoms with E-state index in [1.807, 2.05) is 7.05 Å². The summed E-state index contributed by atoms with van der Waals surface area (Å²) in [6.07, 6.45) is 2.29. The zero-order valence-corrected chi connectivity index (χ0v) is 12.7. The van der Waals surface area contributed by atoms with Crippen molar-refractivity contribution < 1.29 is 0 Å². The highest BCUT2D eigenvalue weighted by molar-refractivity contribution is 6.33. The van der Waals surface area contributed by atoms with Gasteiger partial charge in [0.15, 0.2) is 0 Å². The molecule has 0 fully saturated rings. The number of nitrogens with zero attached hydrogens (tertiary/aromatic N) is 1. The molecule has 0 bridgehead atoms. The van der Waals surface area contributed by atoms with Crippen molar-refractivity contribution >= 4 is 17.3 Å². The molecule has 0 aromatic heterocycles. The highest BCUT2D eigenvalue weighted by atomic mass is 35.5. The molecule has 0 aliphatic heterocycles. The van der Waals surface area contributed by atoms with Gasteiger partial charge in [0.25, 0.3) is 0 Å². The van der Waals surface area contributed by atoms with E-state index in [4.69, 9.17) is 11.6 Å². The van der Waals surface area contributed by atoms with E-state index in [0.29, 0.717) is 6.04 Å². The van der Waals surface area contributed by atoms with E-state index in [2.05, 4.69) is 49.2 Å². The fourth-order valence-electron chi connectivity index (χ4n) is 2.11. The van der Waals surface area contributed by atoms with Crippen LogP contribution < -0.4 is 10.2 Å². The van der Waals surface area contributed by atoms with Gasteiger partial charge in [-0.3, -0.25) is 0 Å². The van der Waals surface area contributed by atoms with Crippen LogP contribution in [0.25, 0.3) is 0 Å². The minimum absolute atomic E-state index is 0.336. The Hall–Kier alpha value is -0.730. The first-order chi connectivity index (χ1) is 8.63. The van der Waals surface area contributed by atoms with Crippen LogP contribution in [0.15, 0.2) is 18.2 Å². The van der Waals surface area contributed by atoms with Gasteiger partial charge >= 0.3 is 0 Å². The maximum atomic E-state index is 6.43. The number of hydrogen-bond acceptors (Lipinski definition) is 2. The lowest BCUT2D eigenvalue weighted by Crippen LogP contribution is -2.25. The van der Waals surface area contributed by atoms with Gasteiger partial charge in [0.1, 0.15) is 0 Å². The summed E-state index contributed by atoms with van der Waals surface area (Å²) < 4.78 is 0. The number of halogens is 1. The number of nitrogens with one attached hydrogen (secondary N) is 1. The summed E-state index contributed by atoms with van der Waals surface area (Å²) in [6.45, 7) is 8.67. The average Bonchev–Trinajstić information content (AvgIpc) is 2.37. The molecule has 0 aliphatic rings. The molecule has 1 N–H and O–H groups in total. The minimum Gasteiger partial charge on any atom is -0.370 e. The standard InChI is InChI=1S/C15H25ClN2/c1-5-9-18(10-6-2)15-8-7-13(11-14(15)16)12(3)17-4/h7-8,11-12,17H,5-6,9-10H2,1-4H3. The SMILES string of the molecule is CCCN(CCC)c1ccc(C(C)NC)cc1Cl. The van der Waals surface area contributed by atoms with Crippen LogP contribution >= 0.6 is 11.6 Å². The Labute approximate surface area is 116 Å². The maximum absolute atomic E-state index is 6.43. The molecule has 0 spiro atoms. The highest BCUT2D eigenvalue weighted by Gasteiger charge is 2.11. The normalized spacial score (nSPS) is 12.5. The topological polar surface area (TPSA) is 15.3 Å². The Bertz CT molecular complexity index is 360. The molecule has 1 atom stereocenters. The summed E-state index contributed by atoms with van der Waals surface area (Å²) in [4.78, 5) is 2.37. The quantitative estimate of drug-likeness (QED) is 0.795. The Morgan fingerprint density at radius 1 is 1.22 bits per heavy atom. The zero-order chi connectivity index (χ0) is 13.5. The molecule has 0 amide bonds. The third kappa shape index (κ3) is 3.89. The number of anilines is 1. The summed E-state index contributed by atoms with van der Waals surface area (Å²) in [6, 6.07) is 6.73. The molecular formula is C15H25ClN2. The largest absolute Gasteiger partial charge is 0.370 e. The molecule has 1 aromatic rings. The first kappa shape index (κ1) is 15.3. The Balaban J connectivity index is 2.95. The van der Waals surface area contributed by atoms with Crippen LogP contribution in [0.5, 0.6) is 0 Å². The van der Waals surface area contributed by atoms with Gasteiger partial charge in [-0.05, 0) is 44.5 Å². The molecule has 1 rings (SSSR count). The molecule has 3 heteroatoms. The van der Waals surface area contributed by atoms with Gasteiger partial charge in [-0.25, -0.2) is 0 Å². The smallest absolute Gasteiger partial charge is 0.0642 e. The first-order valence-electron chi connectivity index (χ1n) is 6.85. The lowest BCUT2D eigenvalue weighted by Gasteiger charge is -2.25. The van der Waals surface area contributed by atoms with Crippen LogP contribution in [0.2, 0.25) is 5.02 Å². The van der Waals surface area contributed by atoms with E-state index >= 15 is 0 Å². The summed E-state index contributed by atoms with van der Waals surface area (Å²) in [7, 11) is 1.97. The predicted molar refractivity (Wildman–Crippen MR) is 81.7 cm³/mol. The fourth-order valence-corrected chi connectivity index (χ4v) is 2.42. The number of benzene rings is 1. The van der Waals surface area contributed by atoms with E-state index in [-0.39, 0.29) is 0 Å². The molecule has 18 heavy (non-hydrogen) atoms. The van der Waals surface area contributed by atoms with E-state index in [1.54, 1.807) is 0 Å². The van der Waals surface area contributed by atoms with Crippen molar-refractivity contribution in [3.63, 3.8) is 0 Å². The van der Waals surface area contributed by atoms with Crippen LogP contribution in [-0.4, -0.2) is 20.1 Å². The Morgan fingerprint density at radius 2 is 1.83 bits per heavy atom. The lowest BCUT2D eigenvalue weighted by molar-refractivity contribution is 0.652. The molecule has 1 unspecified atom stereocenters. The van der Waals surface area contributed by atoms with Crippen molar-refractivity contribution in [3.8, 4) is 0 Å². The van der Waals surface area contributed by atoms with Crippen molar-refractivity contribution in [1.29, 1.82) is 0 Å². The molecule has 0 heterocycles. The number of rotatable bonds is 7. The molecule has 1 aromatic carbocycles. The van der Waals surface area contributed by atoms with Crippen LogP contribution in [0.4, 0.5) is 5.69 Å². The second kappa shape index (κ2) is 7.65. The molecule has 0 saturated carbocycles. The molecule has 0 radical (unpaired) electrons. The van der Waals surface area contributed by atoms with Gasteiger partial charge in [-0.15, -0.1) is 0 Å². The van der Waals surface area contributed by atoms with Crippen LogP contribution in [0.1, 0.15) is 45.2 Å². The van der Waals surface area contributed by atoms with Crippen LogP contribution in [0, 0.1) is 0 Å². The second-order valence-corrected chi connectivity index (χ2v) is 5.12. The summed E-state index contributed by atoms with van der Waals surface area (Å²) >= 11 is 6.43. The van der Waals surface area contributed by atoms with Gasteiger partial charge in [-0.1, -0.05) is 31.5 Å². The fraction of sp³-hybridized carbons (Fsp3) is 0.600. The predicted octanol–water partition coefficient (Wildman–Crippen LogP) is 4.25. The molecular weight excluding hydrogens is 244 g/mol. The monoisotopic (exact) mass is 268 g/mol. The van der Waals surface area contributed by atoms with E-state index < -0.39 is 0 Å². The highest BCUT2D eigenvalue weighted by Crippen LogP contribution is 2.29. The lowest BCUT2D eigenvalue weighted by atomic mass is 10.1. The maximum Gasteiger partial charge on any atom is 0.0642 e. The van der Waals surface area contributed by atoms with E-state index in [9.17, 15) is 0 Å². The van der Waals surface area contributed by atoms with E-state index in [1.165, 1.54) is 5.56 Å². The third-order valence-corrected chi connectivity index (χ3v) is 3.54. The Kier molecular flexibility index (Phi) is 6.51. The van der Waals surface area contributed by atoms with Crippen molar-refractivity contribution in [2.24, 2.45) is 0 Å². The van der Waals surface area contributed by atoms with Crippen LogP contribution in [-0.2, 0) is 0 Å². The van der Waals surface area contributed by atoms with Crippen molar-refractivity contribution in [1.82, 2.24) is 5.32 Å². The average molecular weight is 269 g/mol. The molecule has 0 aliphatic carbocycles. The van der Waals surface area contributed by atoms with Gasteiger partial charge < -0.3 is 10.2 Å². The number of hydrogen-bond donors (Lipinski definition) is 1. The summed E-state index contributed by atoms with van der Waals surface area (Å²) in [5, 5.41) is 4.09. The molecule has 2 nitrogen and oxygen atoms in total. The minimum atomic E-state index is 0.336. The van der Waals surface area contributed by atoms with Gasteiger partial charge in [0.2, 0.25) is 0 Å². The zero-order valence-electron chi connectivity index (χ0n) is 12.0. The van der Waals surface area contributed by atoms with Crippen molar-refractivity contribution in [2.45, 2.75) is 39.7 Å². The van der Waals surface area contributed by atoms with Gasteiger partial charge in [0.05, 0.1) is 10.7 Å². The van der Waals surface area contributed by atoms with Gasteiger partial charge in [0, 0.05) is 19.1 Å². The third-order valence-electron chi connectivity index (χ3n) is 3.23. The summed E-state index contributed by atoms with van der Waals surface area (Å²) in [5.41, 5.74) is 2.40. The van der Waals surface area contributed by atoms with Crippen LogP contribution in [0.3, 0.4) is 0 Å². The summed E-state index contributed by atoms with van der Waals surface area (Å²) in [5.74, 6) is 0. The van der Waals surface area contributed by atoms with E-state index in [0.717, 1.165) is 36.6 Å². The first-order valence-corrected chi connectivity index (χ1v) is 7.23. The molecule has 102 valence electrons. The second-order valence-electron chi connectivity index (χ2n) is 4.71. The Morgan fingerprint density at radius 3 is 2.28 bits per heavy atom. The van der Waals surface area contributed by atoms with Gasteiger partial charge in [-0.2, -0.15) is 0 Å². The molecule has 0 saturated heterocycles. The van der Waals surface area contributed by atoms with Crippen molar-refractivity contribution in [3.05, 3.63) is 28.8 Å².